The van der Waals surface area contributed by atoms with Crippen LogP contribution in [0.4, 0.5) is 5.69 Å². The number of hydrogen-bond donors (Lipinski definition) is 2. The van der Waals surface area contributed by atoms with Crippen LogP contribution in [0.3, 0.4) is 0 Å². The SMILES string of the molecule is COc1cc(NC(=O)[C@H]2CC(C)=C(C)C[C@@H]2C(=O)O)cc(OC)c1. The number of amides is 1. The van der Waals surface area contributed by atoms with Gasteiger partial charge in [-0.15, -0.1) is 0 Å². The van der Waals surface area contributed by atoms with E-state index in [1.807, 2.05) is 13.8 Å². The van der Waals surface area contributed by atoms with Crippen molar-refractivity contribution in [1.82, 2.24) is 0 Å². The molecule has 1 aromatic rings. The predicted octanol–water partition coefficient (Wildman–Crippen LogP) is 3.09. The Morgan fingerprint density at radius 1 is 1.00 bits per heavy atom. The Morgan fingerprint density at radius 3 is 1.96 bits per heavy atom. The Labute approximate surface area is 141 Å². The number of benzene rings is 1. The number of ether oxygens (including phenoxy) is 2. The molecule has 0 fully saturated rings. The van der Waals surface area contributed by atoms with Crippen LogP contribution in [0, 0.1) is 11.8 Å². The van der Waals surface area contributed by atoms with Gasteiger partial charge in [-0.2, -0.15) is 0 Å². The first kappa shape index (κ1) is 17.8. The van der Waals surface area contributed by atoms with Crippen LogP contribution in [0.15, 0.2) is 29.3 Å². The fourth-order valence-electron chi connectivity index (χ4n) is 2.94. The molecular weight excluding hydrogens is 310 g/mol. The Hall–Kier alpha value is -2.50. The smallest absolute Gasteiger partial charge is 0.307 e. The molecule has 6 nitrogen and oxygen atoms in total. The van der Waals surface area contributed by atoms with Crippen LogP contribution in [0.5, 0.6) is 11.5 Å². The number of carboxylic acid groups (broad SMARTS) is 1. The van der Waals surface area contributed by atoms with Crippen molar-refractivity contribution in [2.24, 2.45) is 11.8 Å². The van der Waals surface area contributed by atoms with Crippen LogP contribution in [-0.4, -0.2) is 31.2 Å². The van der Waals surface area contributed by atoms with E-state index in [1.54, 1.807) is 18.2 Å². The summed E-state index contributed by atoms with van der Waals surface area (Å²) in [6, 6.07) is 5.05. The zero-order valence-electron chi connectivity index (χ0n) is 14.4. The van der Waals surface area contributed by atoms with E-state index in [0.29, 0.717) is 30.0 Å². The van der Waals surface area contributed by atoms with Crippen molar-refractivity contribution in [3.63, 3.8) is 0 Å². The summed E-state index contributed by atoms with van der Waals surface area (Å²) in [5.74, 6) is -1.44. The number of carbonyl (C=O) groups is 2. The minimum atomic E-state index is -0.940. The number of carbonyl (C=O) groups excluding carboxylic acids is 1. The third-order valence-corrected chi connectivity index (χ3v) is 4.54. The molecule has 0 unspecified atom stereocenters. The second kappa shape index (κ2) is 7.38. The quantitative estimate of drug-likeness (QED) is 0.809. The molecule has 0 radical (unpaired) electrons. The summed E-state index contributed by atoms with van der Waals surface area (Å²) >= 11 is 0. The van der Waals surface area contributed by atoms with Gasteiger partial charge in [0.15, 0.2) is 0 Å². The maximum Gasteiger partial charge on any atom is 0.307 e. The molecule has 130 valence electrons. The molecule has 0 saturated heterocycles. The summed E-state index contributed by atoms with van der Waals surface area (Å²) in [6.07, 6.45) is 0.858. The average Bonchev–Trinajstić information content (AvgIpc) is 2.56. The van der Waals surface area contributed by atoms with E-state index in [-0.39, 0.29) is 5.91 Å². The van der Waals surface area contributed by atoms with Gasteiger partial charge in [0.2, 0.25) is 5.91 Å². The fraction of sp³-hybridized carbons (Fsp3) is 0.444. The van der Waals surface area contributed by atoms with E-state index >= 15 is 0 Å². The molecule has 0 spiro atoms. The first-order valence-corrected chi connectivity index (χ1v) is 7.77. The number of anilines is 1. The van der Waals surface area contributed by atoms with E-state index in [9.17, 15) is 14.7 Å². The van der Waals surface area contributed by atoms with Crippen molar-refractivity contribution < 1.29 is 24.2 Å². The van der Waals surface area contributed by atoms with Crippen molar-refractivity contribution in [2.45, 2.75) is 26.7 Å². The minimum absolute atomic E-state index is 0.301. The van der Waals surface area contributed by atoms with E-state index in [1.165, 1.54) is 14.2 Å². The summed E-state index contributed by atoms with van der Waals surface area (Å²) in [5.41, 5.74) is 2.65. The number of allylic oxidation sites excluding steroid dienone is 2. The molecule has 1 aliphatic carbocycles. The molecular formula is C18H23NO5. The molecule has 1 aliphatic rings. The molecule has 0 bridgehead atoms. The van der Waals surface area contributed by atoms with Crippen LogP contribution in [0.1, 0.15) is 26.7 Å². The maximum atomic E-state index is 12.7. The van der Waals surface area contributed by atoms with Gasteiger partial charge in [-0.3, -0.25) is 9.59 Å². The lowest BCUT2D eigenvalue weighted by Crippen LogP contribution is -2.36. The first-order chi connectivity index (χ1) is 11.3. The molecule has 2 N–H and O–H groups in total. The lowest BCUT2D eigenvalue weighted by Gasteiger charge is -2.29. The standard InChI is InChI=1S/C18H23NO5/c1-10-5-15(16(18(21)22)6-11(10)2)17(20)19-12-7-13(23-3)9-14(8-12)24-4/h7-9,15-16H,5-6H2,1-4H3,(H,19,20)(H,21,22)/t15-,16-/m0/s1. The average molecular weight is 333 g/mol. The number of hydrogen-bond acceptors (Lipinski definition) is 4. The fourth-order valence-corrected chi connectivity index (χ4v) is 2.94. The van der Waals surface area contributed by atoms with Crippen LogP contribution < -0.4 is 14.8 Å². The topological polar surface area (TPSA) is 84.9 Å². The summed E-state index contributed by atoms with van der Waals surface area (Å²) in [7, 11) is 3.05. The van der Waals surface area contributed by atoms with Crippen LogP contribution in [0.2, 0.25) is 0 Å². The van der Waals surface area contributed by atoms with Gasteiger partial charge in [0.1, 0.15) is 11.5 Å². The summed E-state index contributed by atoms with van der Waals surface area (Å²) in [4.78, 5) is 24.2. The van der Waals surface area contributed by atoms with E-state index in [4.69, 9.17) is 9.47 Å². The van der Waals surface area contributed by atoms with Crippen molar-refractivity contribution >= 4 is 17.6 Å². The van der Waals surface area contributed by atoms with Crippen LogP contribution >= 0.6 is 0 Å². The van der Waals surface area contributed by atoms with Crippen LogP contribution in [0.25, 0.3) is 0 Å². The van der Waals surface area contributed by atoms with E-state index in [2.05, 4.69) is 5.32 Å². The number of methoxy groups -OCH3 is 2. The molecule has 24 heavy (non-hydrogen) atoms. The van der Waals surface area contributed by atoms with Crippen molar-refractivity contribution in [1.29, 1.82) is 0 Å². The number of nitrogens with one attached hydrogen (secondary N) is 1. The molecule has 2 atom stereocenters. The Balaban J connectivity index is 2.23. The normalized spacial score (nSPS) is 20.5. The van der Waals surface area contributed by atoms with Gasteiger partial charge >= 0.3 is 5.97 Å². The molecule has 1 amide bonds. The number of carboxylic acids is 1. The minimum Gasteiger partial charge on any atom is -0.497 e. The second-order valence-electron chi connectivity index (χ2n) is 6.11. The van der Waals surface area contributed by atoms with Crippen molar-refractivity contribution in [3.8, 4) is 11.5 Å². The van der Waals surface area contributed by atoms with Gasteiger partial charge < -0.3 is 19.9 Å². The number of aliphatic carboxylic acids is 1. The molecule has 6 heteroatoms. The monoisotopic (exact) mass is 333 g/mol. The lowest BCUT2D eigenvalue weighted by molar-refractivity contribution is -0.146. The Bertz CT molecular complexity index is 658. The van der Waals surface area contributed by atoms with E-state index in [0.717, 1.165) is 11.1 Å². The highest BCUT2D eigenvalue weighted by atomic mass is 16.5. The molecule has 0 aliphatic heterocycles. The molecule has 0 saturated carbocycles. The molecule has 0 aromatic heterocycles. The van der Waals surface area contributed by atoms with Gasteiger partial charge in [0.05, 0.1) is 26.1 Å². The zero-order valence-corrected chi connectivity index (χ0v) is 14.4. The zero-order chi connectivity index (χ0) is 17.9. The Kier molecular flexibility index (Phi) is 5.49. The summed E-state index contributed by atoms with van der Waals surface area (Å²) < 4.78 is 10.4. The largest absolute Gasteiger partial charge is 0.497 e. The summed E-state index contributed by atoms with van der Waals surface area (Å²) in [6.45, 7) is 3.87. The van der Waals surface area contributed by atoms with Gasteiger partial charge in [0.25, 0.3) is 0 Å². The Morgan fingerprint density at radius 2 is 1.50 bits per heavy atom. The summed E-state index contributed by atoms with van der Waals surface area (Å²) in [5, 5.41) is 12.2. The molecule has 1 aromatic carbocycles. The highest BCUT2D eigenvalue weighted by Gasteiger charge is 2.37. The van der Waals surface area contributed by atoms with Gasteiger partial charge in [0, 0.05) is 23.9 Å². The number of rotatable bonds is 5. The van der Waals surface area contributed by atoms with Gasteiger partial charge in [-0.1, -0.05) is 11.1 Å². The third kappa shape index (κ3) is 3.88. The van der Waals surface area contributed by atoms with Crippen LogP contribution in [-0.2, 0) is 9.59 Å². The van der Waals surface area contributed by atoms with E-state index < -0.39 is 17.8 Å². The predicted molar refractivity (Wildman–Crippen MR) is 90.4 cm³/mol. The second-order valence-corrected chi connectivity index (χ2v) is 6.11. The van der Waals surface area contributed by atoms with Crippen molar-refractivity contribution in [3.05, 3.63) is 29.3 Å². The highest BCUT2D eigenvalue weighted by Crippen LogP contribution is 2.35. The first-order valence-electron chi connectivity index (χ1n) is 7.77. The lowest BCUT2D eigenvalue weighted by atomic mass is 9.76. The molecule has 0 heterocycles. The van der Waals surface area contributed by atoms with Gasteiger partial charge in [-0.25, -0.2) is 0 Å². The highest BCUT2D eigenvalue weighted by molar-refractivity contribution is 5.96. The van der Waals surface area contributed by atoms with Gasteiger partial charge in [-0.05, 0) is 26.7 Å². The molecule has 2 rings (SSSR count). The maximum absolute atomic E-state index is 12.7. The third-order valence-electron chi connectivity index (χ3n) is 4.54. The van der Waals surface area contributed by atoms with Crippen molar-refractivity contribution in [2.75, 3.05) is 19.5 Å².